The molecule has 5 nitrogen and oxygen atoms in total. The number of hydrogen-bond donors (Lipinski definition) is 1. The van der Waals surface area contributed by atoms with Crippen molar-refractivity contribution in [3.8, 4) is 0 Å². The van der Waals surface area contributed by atoms with Crippen LogP contribution in [0.5, 0.6) is 0 Å². The van der Waals surface area contributed by atoms with Gasteiger partial charge < -0.3 is 0 Å². The van der Waals surface area contributed by atoms with Gasteiger partial charge in [0.25, 0.3) is 0 Å². The van der Waals surface area contributed by atoms with E-state index in [2.05, 4.69) is 5.32 Å². The van der Waals surface area contributed by atoms with Crippen molar-refractivity contribution < 1.29 is 14.4 Å². The highest BCUT2D eigenvalue weighted by molar-refractivity contribution is 7.99. The summed E-state index contributed by atoms with van der Waals surface area (Å²) in [4.78, 5) is 38.5. The first-order valence-electron chi connectivity index (χ1n) is 7.89. The molecule has 0 aromatic carbocycles. The molecular formula is C15H22N2O3S. The Kier molecular flexibility index (Phi) is 4.24. The van der Waals surface area contributed by atoms with Crippen LogP contribution in [0.3, 0.4) is 0 Å². The van der Waals surface area contributed by atoms with E-state index in [0.29, 0.717) is 25.3 Å². The molecule has 0 radical (unpaired) electrons. The van der Waals surface area contributed by atoms with Gasteiger partial charge in [-0.3, -0.25) is 19.8 Å². The molecule has 116 valence electrons. The molecule has 4 amide bonds. The normalized spacial score (nSPS) is 27.0. The van der Waals surface area contributed by atoms with Crippen LogP contribution in [0.2, 0.25) is 0 Å². The smallest absolute Gasteiger partial charge is 0.277 e. The third kappa shape index (κ3) is 2.70. The van der Waals surface area contributed by atoms with Gasteiger partial charge in [0, 0.05) is 6.54 Å². The zero-order chi connectivity index (χ0) is 14.9. The highest BCUT2D eigenvalue weighted by Gasteiger charge is 2.53. The Labute approximate surface area is 129 Å². The topological polar surface area (TPSA) is 66.5 Å². The first-order chi connectivity index (χ1) is 10.1. The predicted octanol–water partition coefficient (Wildman–Crippen LogP) is 2.16. The van der Waals surface area contributed by atoms with Crippen LogP contribution in [0.15, 0.2) is 0 Å². The molecule has 0 aromatic heterocycles. The number of nitrogens with one attached hydrogen (secondary N) is 1. The van der Waals surface area contributed by atoms with E-state index in [1.165, 1.54) is 4.90 Å². The third-order valence-electron chi connectivity index (χ3n) is 5.04. The van der Waals surface area contributed by atoms with Crippen LogP contribution in [-0.2, 0) is 9.59 Å². The van der Waals surface area contributed by atoms with Gasteiger partial charge in [-0.2, -0.15) is 11.8 Å². The van der Waals surface area contributed by atoms with Crippen LogP contribution in [-0.4, -0.2) is 40.8 Å². The second kappa shape index (κ2) is 5.99. The van der Waals surface area contributed by atoms with Gasteiger partial charge in [-0.05, 0) is 43.1 Å². The van der Waals surface area contributed by atoms with E-state index < -0.39 is 11.4 Å². The van der Waals surface area contributed by atoms with Crippen molar-refractivity contribution >= 4 is 29.6 Å². The first-order valence-corrected chi connectivity index (χ1v) is 9.04. The Morgan fingerprint density at radius 1 is 1.10 bits per heavy atom. The number of carbonyl (C=O) groups excluding carboxylic acids is 3. The van der Waals surface area contributed by atoms with Crippen LogP contribution in [0, 0.1) is 11.3 Å². The molecule has 0 aromatic rings. The molecule has 3 rings (SSSR count). The minimum absolute atomic E-state index is 0.242. The molecule has 1 saturated carbocycles. The van der Waals surface area contributed by atoms with Gasteiger partial charge in [0.05, 0.1) is 0 Å². The quantitative estimate of drug-likeness (QED) is 0.794. The Balaban J connectivity index is 1.77. The molecule has 21 heavy (non-hydrogen) atoms. The summed E-state index contributed by atoms with van der Waals surface area (Å²) in [6.45, 7) is 0.472. The van der Waals surface area contributed by atoms with E-state index in [9.17, 15) is 14.4 Å². The Morgan fingerprint density at radius 2 is 1.76 bits per heavy atom. The number of hydrogen-bond acceptors (Lipinski definition) is 4. The summed E-state index contributed by atoms with van der Waals surface area (Å²) in [6.07, 6.45) is 6.11. The van der Waals surface area contributed by atoms with E-state index in [0.717, 1.165) is 43.6 Å². The predicted molar refractivity (Wildman–Crippen MR) is 80.8 cm³/mol. The van der Waals surface area contributed by atoms with E-state index in [1.54, 1.807) is 0 Å². The second-order valence-corrected chi connectivity index (χ2v) is 7.60. The average molecular weight is 310 g/mol. The van der Waals surface area contributed by atoms with Gasteiger partial charge >= 0.3 is 6.03 Å². The highest BCUT2D eigenvalue weighted by atomic mass is 32.2. The van der Waals surface area contributed by atoms with Crippen LogP contribution in [0.25, 0.3) is 0 Å². The second-order valence-electron chi connectivity index (χ2n) is 6.37. The average Bonchev–Trinajstić information content (AvgIpc) is 2.52. The number of rotatable bonds is 2. The number of thioether (sulfide) groups is 1. The highest BCUT2D eigenvalue weighted by Crippen LogP contribution is 2.40. The molecule has 2 heterocycles. The first kappa shape index (κ1) is 14.9. The standard InChI is InChI=1S/C15H22N2O3S/c18-12-15(6-2-1-3-7-15)13(19)17(14(20)16-12)10-11-4-8-21-9-5-11/h11H,1-10H2,(H,16,18,20). The lowest BCUT2D eigenvalue weighted by atomic mass is 9.71. The van der Waals surface area contributed by atoms with E-state index in [4.69, 9.17) is 0 Å². The molecule has 3 fully saturated rings. The van der Waals surface area contributed by atoms with Crippen molar-refractivity contribution in [3.05, 3.63) is 0 Å². The van der Waals surface area contributed by atoms with Crippen LogP contribution < -0.4 is 5.32 Å². The van der Waals surface area contributed by atoms with Gasteiger partial charge in [0.1, 0.15) is 5.41 Å². The Bertz CT molecular complexity index is 454. The molecule has 0 bridgehead atoms. The monoisotopic (exact) mass is 310 g/mol. The molecule has 3 aliphatic rings. The lowest BCUT2D eigenvalue weighted by molar-refractivity contribution is -0.154. The number of amides is 4. The van der Waals surface area contributed by atoms with Crippen molar-refractivity contribution in [1.82, 2.24) is 10.2 Å². The number of carbonyl (C=O) groups is 3. The van der Waals surface area contributed by atoms with Gasteiger partial charge in [-0.25, -0.2) is 4.79 Å². The van der Waals surface area contributed by atoms with Crippen molar-refractivity contribution in [2.24, 2.45) is 11.3 Å². The Hall–Kier alpha value is -1.04. The summed E-state index contributed by atoms with van der Waals surface area (Å²) in [5.74, 6) is 1.97. The summed E-state index contributed by atoms with van der Waals surface area (Å²) in [7, 11) is 0. The van der Waals surface area contributed by atoms with Crippen LogP contribution in [0.1, 0.15) is 44.9 Å². The van der Waals surface area contributed by atoms with Gasteiger partial charge in [0.15, 0.2) is 0 Å². The maximum Gasteiger partial charge on any atom is 0.330 e. The van der Waals surface area contributed by atoms with Crippen molar-refractivity contribution in [3.63, 3.8) is 0 Å². The number of imide groups is 2. The van der Waals surface area contributed by atoms with Gasteiger partial charge in [-0.15, -0.1) is 0 Å². The minimum Gasteiger partial charge on any atom is -0.277 e. The molecule has 6 heteroatoms. The van der Waals surface area contributed by atoms with E-state index in [1.807, 2.05) is 11.8 Å². The number of barbiturate groups is 1. The molecule has 2 saturated heterocycles. The minimum atomic E-state index is -0.963. The van der Waals surface area contributed by atoms with E-state index in [-0.39, 0.29) is 11.8 Å². The molecule has 1 spiro atoms. The molecule has 1 N–H and O–H groups in total. The maximum absolute atomic E-state index is 12.8. The third-order valence-corrected chi connectivity index (χ3v) is 6.09. The lowest BCUT2D eigenvalue weighted by Crippen LogP contribution is -2.65. The number of urea groups is 1. The summed E-state index contributed by atoms with van der Waals surface area (Å²) in [5.41, 5.74) is -0.963. The Morgan fingerprint density at radius 3 is 2.43 bits per heavy atom. The SMILES string of the molecule is O=C1NC(=O)C2(CCCCC2)C(=O)N1CC1CCSCC1. The summed E-state index contributed by atoms with van der Waals surface area (Å²) in [5, 5.41) is 2.43. The molecular weight excluding hydrogens is 288 g/mol. The van der Waals surface area contributed by atoms with E-state index >= 15 is 0 Å². The zero-order valence-corrected chi connectivity index (χ0v) is 13.0. The summed E-state index contributed by atoms with van der Waals surface area (Å²) >= 11 is 1.93. The molecule has 1 aliphatic carbocycles. The van der Waals surface area contributed by atoms with Crippen LogP contribution >= 0.6 is 11.8 Å². The van der Waals surface area contributed by atoms with Crippen molar-refractivity contribution in [2.45, 2.75) is 44.9 Å². The lowest BCUT2D eigenvalue weighted by Gasteiger charge is -2.42. The van der Waals surface area contributed by atoms with Crippen molar-refractivity contribution in [1.29, 1.82) is 0 Å². The van der Waals surface area contributed by atoms with Crippen LogP contribution in [0.4, 0.5) is 4.79 Å². The fourth-order valence-electron chi connectivity index (χ4n) is 3.68. The van der Waals surface area contributed by atoms with Crippen molar-refractivity contribution in [2.75, 3.05) is 18.1 Å². The summed E-state index contributed by atoms with van der Waals surface area (Å²) < 4.78 is 0. The van der Waals surface area contributed by atoms with Gasteiger partial charge in [-0.1, -0.05) is 19.3 Å². The molecule has 0 unspecified atom stereocenters. The fraction of sp³-hybridized carbons (Fsp3) is 0.800. The molecule has 0 atom stereocenters. The largest absolute Gasteiger partial charge is 0.330 e. The number of nitrogens with zero attached hydrogens (tertiary/aromatic N) is 1. The zero-order valence-electron chi connectivity index (χ0n) is 12.2. The molecule has 2 aliphatic heterocycles. The maximum atomic E-state index is 12.8. The summed E-state index contributed by atoms with van der Waals surface area (Å²) in [6, 6.07) is -0.514. The fourth-order valence-corrected chi connectivity index (χ4v) is 4.89. The van der Waals surface area contributed by atoms with Gasteiger partial charge in [0.2, 0.25) is 11.8 Å².